The minimum atomic E-state index is -3.66. The molecule has 26 heavy (non-hydrogen) atoms. The number of sulfonamides is 1. The van der Waals surface area contributed by atoms with E-state index in [0.29, 0.717) is 44.3 Å². The summed E-state index contributed by atoms with van der Waals surface area (Å²) >= 11 is 0. The van der Waals surface area contributed by atoms with Crippen molar-refractivity contribution in [1.29, 1.82) is 0 Å². The molecule has 0 saturated carbocycles. The molecule has 1 saturated heterocycles. The van der Waals surface area contributed by atoms with E-state index in [1.165, 1.54) is 4.31 Å². The van der Waals surface area contributed by atoms with Crippen LogP contribution >= 0.6 is 12.4 Å². The van der Waals surface area contributed by atoms with Gasteiger partial charge >= 0.3 is 0 Å². The van der Waals surface area contributed by atoms with Gasteiger partial charge in [-0.3, -0.25) is 4.98 Å². The van der Waals surface area contributed by atoms with Crippen LogP contribution in [-0.2, 0) is 10.0 Å². The van der Waals surface area contributed by atoms with E-state index in [-0.39, 0.29) is 23.3 Å². The molecule has 140 valence electrons. The first-order chi connectivity index (χ1) is 12.2. The Bertz CT molecular complexity index is 864. The van der Waals surface area contributed by atoms with Crippen LogP contribution in [0.4, 0.5) is 0 Å². The maximum Gasteiger partial charge on any atom is 0.243 e. The normalized spacial score (nSPS) is 20.2. The summed E-state index contributed by atoms with van der Waals surface area (Å²) in [5.74, 6) is 1.05. The molecule has 1 aromatic heterocycles. The highest BCUT2D eigenvalue weighted by atomic mass is 35.5. The number of halogens is 1. The fraction of sp³-hybridized carbons (Fsp3) is 0.353. The second-order valence-electron chi connectivity index (χ2n) is 5.93. The predicted molar refractivity (Wildman–Crippen MR) is 98.4 cm³/mol. The van der Waals surface area contributed by atoms with E-state index in [1.54, 1.807) is 30.6 Å². The number of hydrogen-bond acceptors (Lipinski definition) is 6. The third-order valence-electron chi connectivity index (χ3n) is 4.38. The van der Waals surface area contributed by atoms with E-state index in [4.69, 9.17) is 9.47 Å². The molecule has 0 radical (unpaired) electrons. The van der Waals surface area contributed by atoms with E-state index >= 15 is 0 Å². The lowest BCUT2D eigenvalue weighted by molar-refractivity contribution is 0.171. The highest BCUT2D eigenvalue weighted by Crippen LogP contribution is 2.35. The molecule has 0 bridgehead atoms. The van der Waals surface area contributed by atoms with Gasteiger partial charge in [0.25, 0.3) is 0 Å². The van der Waals surface area contributed by atoms with Crippen LogP contribution < -0.4 is 14.8 Å². The molecule has 3 heterocycles. The van der Waals surface area contributed by atoms with Crippen LogP contribution in [0.2, 0.25) is 0 Å². The Balaban J connectivity index is 0.00000196. The maximum absolute atomic E-state index is 13.2. The zero-order valence-electron chi connectivity index (χ0n) is 14.0. The number of ether oxygens (including phenoxy) is 2. The molecular weight excluding hydrogens is 378 g/mol. The standard InChI is InChI=1S/C17H19N3O4S.ClH/c21-25(22,14-3-4-16-17(10-14)24-9-8-23-16)20-7-6-19-12-15(20)13-2-1-5-18-11-13;/h1-5,10-11,15,19H,6-9,12H2;1H. The van der Waals surface area contributed by atoms with Gasteiger partial charge in [0.1, 0.15) is 13.2 Å². The Labute approximate surface area is 158 Å². The molecule has 1 N–H and O–H groups in total. The van der Waals surface area contributed by atoms with Gasteiger partial charge in [0.2, 0.25) is 10.0 Å². The third kappa shape index (κ3) is 3.50. The van der Waals surface area contributed by atoms with E-state index in [9.17, 15) is 8.42 Å². The molecule has 7 nitrogen and oxygen atoms in total. The lowest BCUT2D eigenvalue weighted by Gasteiger charge is -2.35. The number of rotatable bonds is 3. The molecule has 4 rings (SSSR count). The first-order valence-corrected chi connectivity index (χ1v) is 9.62. The second-order valence-corrected chi connectivity index (χ2v) is 7.82. The monoisotopic (exact) mass is 397 g/mol. The number of piperazine rings is 1. The minimum Gasteiger partial charge on any atom is -0.486 e. The van der Waals surface area contributed by atoms with Gasteiger partial charge in [-0.05, 0) is 23.8 Å². The van der Waals surface area contributed by atoms with Gasteiger partial charge in [0.05, 0.1) is 10.9 Å². The van der Waals surface area contributed by atoms with Crippen LogP contribution in [0.5, 0.6) is 11.5 Å². The molecule has 0 aliphatic carbocycles. The largest absolute Gasteiger partial charge is 0.486 e. The number of aromatic nitrogens is 1. The summed E-state index contributed by atoms with van der Waals surface area (Å²) in [4.78, 5) is 4.34. The van der Waals surface area contributed by atoms with Gasteiger partial charge in [0.15, 0.2) is 11.5 Å². The van der Waals surface area contributed by atoms with Crippen molar-refractivity contribution in [3.8, 4) is 11.5 Å². The molecule has 1 atom stereocenters. The summed E-state index contributed by atoms with van der Waals surface area (Å²) in [6.07, 6.45) is 3.39. The van der Waals surface area contributed by atoms with Crippen molar-refractivity contribution in [2.24, 2.45) is 0 Å². The van der Waals surface area contributed by atoms with Crippen molar-refractivity contribution in [3.05, 3.63) is 48.3 Å². The molecule has 0 spiro atoms. The maximum atomic E-state index is 13.2. The summed E-state index contributed by atoms with van der Waals surface area (Å²) in [7, 11) is -3.66. The molecule has 2 aliphatic rings. The van der Waals surface area contributed by atoms with Crippen molar-refractivity contribution in [1.82, 2.24) is 14.6 Å². The zero-order chi connectivity index (χ0) is 17.3. The minimum absolute atomic E-state index is 0. The average Bonchev–Trinajstić information content (AvgIpc) is 2.68. The average molecular weight is 398 g/mol. The van der Waals surface area contributed by atoms with Crippen LogP contribution in [0.25, 0.3) is 0 Å². The molecule has 9 heteroatoms. The van der Waals surface area contributed by atoms with Gasteiger partial charge < -0.3 is 14.8 Å². The van der Waals surface area contributed by atoms with Crippen LogP contribution in [0.3, 0.4) is 0 Å². The van der Waals surface area contributed by atoms with E-state index in [2.05, 4.69) is 10.3 Å². The van der Waals surface area contributed by atoms with Gasteiger partial charge in [-0.2, -0.15) is 4.31 Å². The Hall–Kier alpha value is -1.87. The highest BCUT2D eigenvalue weighted by Gasteiger charge is 2.35. The molecule has 2 aliphatic heterocycles. The number of pyridine rings is 1. The predicted octanol–water partition coefficient (Wildman–Crippen LogP) is 1.61. The van der Waals surface area contributed by atoms with Gasteiger partial charge in [-0.1, -0.05) is 6.07 Å². The topological polar surface area (TPSA) is 80.8 Å². The number of nitrogens with one attached hydrogen (secondary N) is 1. The quantitative estimate of drug-likeness (QED) is 0.847. The van der Waals surface area contributed by atoms with Gasteiger partial charge in [-0.15, -0.1) is 12.4 Å². The van der Waals surface area contributed by atoms with Gasteiger partial charge in [-0.25, -0.2) is 8.42 Å². The highest BCUT2D eigenvalue weighted by molar-refractivity contribution is 7.89. The molecule has 1 unspecified atom stereocenters. The molecular formula is C17H20ClN3O4S. The van der Waals surface area contributed by atoms with Crippen LogP contribution in [0, 0.1) is 0 Å². The molecule has 1 aromatic carbocycles. The van der Waals surface area contributed by atoms with Crippen LogP contribution in [0.1, 0.15) is 11.6 Å². The van der Waals surface area contributed by atoms with Crippen LogP contribution in [-0.4, -0.2) is 50.6 Å². The molecule has 0 amide bonds. The zero-order valence-corrected chi connectivity index (χ0v) is 15.6. The number of hydrogen-bond donors (Lipinski definition) is 1. The summed E-state index contributed by atoms with van der Waals surface area (Å²) in [5, 5.41) is 3.26. The van der Waals surface area contributed by atoms with Crippen molar-refractivity contribution >= 4 is 22.4 Å². The van der Waals surface area contributed by atoms with Gasteiger partial charge in [0, 0.05) is 38.1 Å². The third-order valence-corrected chi connectivity index (χ3v) is 6.29. The SMILES string of the molecule is Cl.O=S(=O)(c1ccc2c(c1)OCCO2)N1CCNCC1c1cccnc1. The second kappa shape index (κ2) is 7.79. The lowest BCUT2D eigenvalue weighted by Crippen LogP contribution is -2.48. The number of nitrogens with zero attached hydrogens (tertiary/aromatic N) is 2. The molecule has 1 fully saturated rings. The van der Waals surface area contributed by atoms with E-state index in [0.717, 1.165) is 5.56 Å². The summed E-state index contributed by atoms with van der Waals surface area (Å²) in [6, 6.07) is 8.20. The van der Waals surface area contributed by atoms with E-state index < -0.39 is 10.0 Å². The summed E-state index contributed by atoms with van der Waals surface area (Å²) in [5.41, 5.74) is 0.871. The molecule has 2 aromatic rings. The fourth-order valence-corrected chi connectivity index (χ4v) is 4.78. The summed E-state index contributed by atoms with van der Waals surface area (Å²) in [6.45, 7) is 2.45. The number of fused-ring (bicyclic) bond motifs is 1. The number of benzene rings is 1. The van der Waals surface area contributed by atoms with Crippen LogP contribution in [0.15, 0.2) is 47.6 Å². The first kappa shape index (κ1) is 18.9. The van der Waals surface area contributed by atoms with E-state index in [1.807, 2.05) is 12.1 Å². The smallest absolute Gasteiger partial charge is 0.243 e. The Morgan fingerprint density at radius 2 is 1.96 bits per heavy atom. The van der Waals surface area contributed by atoms with Crippen molar-refractivity contribution in [3.63, 3.8) is 0 Å². The first-order valence-electron chi connectivity index (χ1n) is 8.18. The Morgan fingerprint density at radius 1 is 1.15 bits per heavy atom. The van der Waals surface area contributed by atoms with Crippen molar-refractivity contribution in [2.75, 3.05) is 32.8 Å². The van der Waals surface area contributed by atoms with Crippen molar-refractivity contribution in [2.45, 2.75) is 10.9 Å². The fourth-order valence-electron chi connectivity index (χ4n) is 3.15. The van der Waals surface area contributed by atoms with Crippen molar-refractivity contribution < 1.29 is 17.9 Å². The lowest BCUT2D eigenvalue weighted by atomic mass is 10.1. The Kier molecular flexibility index (Phi) is 5.67. The Morgan fingerprint density at radius 3 is 2.73 bits per heavy atom. The summed E-state index contributed by atoms with van der Waals surface area (Å²) < 4.78 is 39.0.